The maximum atomic E-state index is 10.7. The summed E-state index contributed by atoms with van der Waals surface area (Å²) in [5, 5.41) is 39.6. The van der Waals surface area contributed by atoms with E-state index in [9.17, 15) is 20.1 Å². The third-order valence-electron chi connectivity index (χ3n) is 2.59. The molecule has 0 aromatic rings. The molecule has 0 unspecified atom stereocenters. The Bertz CT molecular complexity index is 237. The molecular weight excluding hydrogens is 204 g/mol. The van der Waals surface area contributed by atoms with Gasteiger partial charge in [0, 0.05) is 6.04 Å². The van der Waals surface area contributed by atoms with Crippen molar-refractivity contribution in [3.8, 4) is 0 Å². The summed E-state index contributed by atoms with van der Waals surface area (Å²) in [6, 6.07) is -1.89. The van der Waals surface area contributed by atoms with E-state index in [1.807, 2.05) is 0 Å². The average Bonchev–Trinajstić information content (AvgIpc) is 2.18. The molecule has 0 aromatic carbocycles. The summed E-state index contributed by atoms with van der Waals surface area (Å²) in [5.41, 5.74) is 5.28. The number of hydrogen-bond donors (Lipinski definition) is 6. The molecule has 0 aromatic heterocycles. The second kappa shape index (κ2) is 4.86. The Hall–Kier alpha value is -0.730. The van der Waals surface area contributed by atoms with Crippen LogP contribution in [0.3, 0.4) is 0 Å². The molecule has 15 heavy (non-hydrogen) atoms. The molecule has 7 nitrogen and oxygen atoms in total. The Morgan fingerprint density at radius 2 is 1.80 bits per heavy atom. The fraction of sp³-hybridized carbons (Fsp3) is 0.875. The Kier molecular flexibility index (Phi) is 4.00. The van der Waals surface area contributed by atoms with Crippen molar-refractivity contribution in [3.05, 3.63) is 0 Å². The fourth-order valence-corrected chi connectivity index (χ4v) is 1.72. The number of aliphatic hydroxyl groups excluding tert-OH is 3. The summed E-state index contributed by atoms with van der Waals surface area (Å²) in [7, 11) is 0. The molecule has 88 valence electrons. The summed E-state index contributed by atoms with van der Waals surface area (Å²) in [6.45, 7) is 0.254. The maximum Gasteiger partial charge on any atom is 0.323 e. The lowest BCUT2D eigenvalue weighted by molar-refractivity contribution is -0.157. The molecule has 0 amide bonds. The van der Waals surface area contributed by atoms with Crippen LogP contribution in [-0.4, -0.2) is 63.3 Å². The summed E-state index contributed by atoms with van der Waals surface area (Å²) >= 11 is 0. The van der Waals surface area contributed by atoms with Gasteiger partial charge in [0.25, 0.3) is 0 Å². The molecule has 0 spiro atoms. The van der Waals surface area contributed by atoms with E-state index in [1.165, 1.54) is 0 Å². The highest BCUT2D eigenvalue weighted by molar-refractivity contribution is 5.74. The Morgan fingerprint density at radius 1 is 1.20 bits per heavy atom. The van der Waals surface area contributed by atoms with Gasteiger partial charge in [0.1, 0.15) is 18.2 Å². The Balaban J connectivity index is 2.75. The van der Waals surface area contributed by atoms with Crippen LogP contribution >= 0.6 is 0 Å². The molecule has 0 saturated carbocycles. The summed E-state index contributed by atoms with van der Waals surface area (Å²) < 4.78 is 0. The number of rotatable bonds is 3. The fourth-order valence-electron chi connectivity index (χ4n) is 1.72. The smallest absolute Gasteiger partial charge is 0.323 e. The summed E-state index contributed by atoms with van der Waals surface area (Å²) in [6.07, 6.45) is -3.87. The molecule has 1 saturated heterocycles. The van der Waals surface area contributed by atoms with Gasteiger partial charge in [-0.25, -0.2) is 0 Å². The molecule has 1 aliphatic heterocycles. The van der Waals surface area contributed by atoms with Crippen LogP contribution in [0.2, 0.25) is 0 Å². The van der Waals surface area contributed by atoms with Crippen LogP contribution in [0.25, 0.3) is 0 Å². The van der Waals surface area contributed by atoms with Crippen LogP contribution in [0.4, 0.5) is 0 Å². The van der Waals surface area contributed by atoms with Crippen LogP contribution in [0.5, 0.6) is 0 Å². The van der Waals surface area contributed by atoms with E-state index >= 15 is 0 Å². The molecule has 7 heteroatoms. The van der Waals surface area contributed by atoms with Crippen LogP contribution < -0.4 is 11.1 Å². The Labute approximate surface area is 86.5 Å². The molecule has 5 atom stereocenters. The van der Waals surface area contributed by atoms with Crippen molar-refractivity contribution in [2.45, 2.75) is 36.8 Å². The number of carboxylic acids is 1. The molecule has 1 rings (SSSR count). The van der Waals surface area contributed by atoms with Gasteiger partial charge in [0.05, 0.1) is 6.10 Å². The first kappa shape index (κ1) is 12.3. The van der Waals surface area contributed by atoms with Crippen LogP contribution in [0.15, 0.2) is 0 Å². The molecule has 1 fully saturated rings. The normalized spacial score (nSPS) is 41.5. The highest BCUT2D eigenvalue weighted by Gasteiger charge is 2.44. The van der Waals surface area contributed by atoms with Crippen molar-refractivity contribution in [2.75, 3.05) is 6.54 Å². The van der Waals surface area contributed by atoms with E-state index in [0.29, 0.717) is 6.42 Å². The van der Waals surface area contributed by atoms with Crippen molar-refractivity contribution in [1.82, 2.24) is 5.32 Å². The largest absolute Gasteiger partial charge is 0.480 e. The zero-order valence-electron chi connectivity index (χ0n) is 8.08. The van der Waals surface area contributed by atoms with Gasteiger partial charge < -0.3 is 26.2 Å². The van der Waals surface area contributed by atoms with Crippen molar-refractivity contribution < 1.29 is 25.2 Å². The summed E-state index contributed by atoms with van der Waals surface area (Å²) in [4.78, 5) is 10.7. The van der Waals surface area contributed by atoms with Gasteiger partial charge in [-0.15, -0.1) is 0 Å². The molecule has 1 aliphatic rings. The summed E-state index contributed by atoms with van der Waals surface area (Å²) in [5.74, 6) is -1.27. The quantitative estimate of drug-likeness (QED) is 0.295. The lowest BCUT2D eigenvalue weighted by Crippen LogP contribution is -2.67. The number of piperidine rings is 1. The molecule has 0 bridgehead atoms. The number of nitrogens with one attached hydrogen (secondary N) is 1. The van der Waals surface area contributed by atoms with E-state index in [4.69, 9.17) is 10.8 Å². The van der Waals surface area contributed by atoms with E-state index in [2.05, 4.69) is 5.32 Å². The second-order valence-electron chi connectivity index (χ2n) is 3.64. The first-order valence-electron chi connectivity index (χ1n) is 4.72. The van der Waals surface area contributed by atoms with E-state index in [-0.39, 0.29) is 6.54 Å². The first-order chi connectivity index (χ1) is 6.99. The van der Waals surface area contributed by atoms with Crippen LogP contribution in [0, 0.1) is 0 Å². The van der Waals surface area contributed by atoms with Gasteiger partial charge >= 0.3 is 5.97 Å². The number of aliphatic carboxylic acids is 1. The third-order valence-corrected chi connectivity index (χ3v) is 2.59. The van der Waals surface area contributed by atoms with Gasteiger partial charge in [-0.2, -0.15) is 0 Å². The minimum atomic E-state index is -1.52. The predicted molar refractivity (Wildman–Crippen MR) is 50.0 cm³/mol. The van der Waals surface area contributed by atoms with Crippen molar-refractivity contribution >= 4 is 5.97 Å². The predicted octanol–water partition coefficient (Wildman–Crippen LogP) is -3.16. The molecular formula is C8H16N2O5. The maximum absolute atomic E-state index is 10.7. The highest BCUT2D eigenvalue weighted by atomic mass is 16.4. The number of hydrogen-bond acceptors (Lipinski definition) is 6. The van der Waals surface area contributed by atoms with E-state index in [0.717, 1.165) is 0 Å². The van der Waals surface area contributed by atoms with Crippen molar-refractivity contribution in [1.29, 1.82) is 0 Å². The Morgan fingerprint density at radius 3 is 2.27 bits per heavy atom. The lowest BCUT2D eigenvalue weighted by Gasteiger charge is -2.39. The van der Waals surface area contributed by atoms with Crippen LogP contribution in [-0.2, 0) is 4.79 Å². The molecule has 1 heterocycles. The second-order valence-corrected chi connectivity index (χ2v) is 3.64. The van der Waals surface area contributed by atoms with E-state index in [1.54, 1.807) is 0 Å². The molecule has 0 radical (unpaired) electrons. The number of carbonyl (C=O) groups is 1. The zero-order chi connectivity index (χ0) is 11.6. The topological polar surface area (TPSA) is 136 Å². The van der Waals surface area contributed by atoms with Gasteiger partial charge in [-0.05, 0) is 13.0 Å². The minimum absolute atomic E-state index is 0.254. The number of aliphatic hydroxyl groups is 3. The monoisotopic (exact) mass is 220 g/mol. The van der Waals surface area contributed by atoms with Gasteiger partial charge in [0.15, 0.2) is 0 Å². The SMILES string of the molecule is NCC[C@@H]1N[C@@H](C(=O)O)[C@@H](O)[C@H](O)[C@H]1O. The lowest BCUT2D eigenvalue weighted by atomic mass is 9.89. The first-order valence-corrected chi connectivity index (χ1v) is 4.72. The van der Waals surface area contributed by atoms with Gasteiger partial charge in [-0.3, -0.25) is 10.1 Å². The molecule has 0 aliphatic carbocycles. The molecule has 7 N–H and O–H groups in total. The minimum Gasteiger partial charge on any atom is -0.480 e. The van der Waals surface area contributed by atoms with Gasteiger partial charge in [0.2, 0.25) is 0 Å². The standard InChI is InChI=1S/C8H16N2O5/c9-2-1-3-5(11)7(13)6(12)4(10-3)8(14)15/h3-7,10-13H,1-2,9H2,(H,14,15)/t3-,4+,5-,6+,7+/m0/s1. The average molecular weight is 220 g/mol. The number of carboxylic acid groups (broad SMARTS) is 1. The van der Waals surface area contributed by atoms with Gasteiger partial charge in [-0.1, -0.05) is 0 Å². The zero-order valence-corrected chi connectivity index (χ0v) is 8.08. The van der Waals surface area contributed by atoms with Crippen LogP contribution in [0.1, 0.15) is 6.42 Å². The van der Waals surface area contributed by atoms with E-state index < -0.39 is 36.4 Å². The van der Waals surface area contributed by atoms with Crippen molar-refractivity contribution in [3.63, 3.8) is 0 Å². The van der Waals surface area contributed by atoms with Crippen molar-refractivity contribution in [2.24, 2.45) is 5.73 Å². The highest BCUT2D eigenvalue weighted by Crippen LogP contribution is 2.17. The number of nitrogens with two attached hydrogens (primary N) is 1. The third kappa shape index (κ3) is 2.44.